The fourth-order valence-corrected chi connectivity index (χ4v) is 4.71. The molecular formula is C18H19N3OS2. The van der Waals surface area contributed by atoms with Crippen LogP contribution in [0.15, 0.2) is 41.8 Å². The minimum absolute atomic E-state index is 0.0543. The maximum atomic E-state index is 12.0. The number of anilines is 1. The van der Waals surface area contributed by atoms with Gasteiger partial charge in [-0.1, -0.05) is 29.5 Å². The topological polar surface area (TPSA) is 45.2 Å². The summed E-state index contributed by atoms with van der Waals surface area (Å²) in [5.41, 5.74) is 1.09. The van der Waals surface area contributed by atoms with Crippen LogP contribution >= 0.6 is 22.7 Å². The van der Waals surface area contributed by atoms with Gasteiger partial charge in [0, 0.05) is 19.6 Å². The number of fused-ring (bicyclic) bond motifs is 1. The van der Waals surface area contributed by atoms with Crippen molar-refractivity contribution in [2.75, 3.05) is 24.5 Å². The van der Waals surface area contributed by atoms with Gasteiger partial charge in [0.05, 0.1) is 15.1 Å². The number of hydrogen-bond acceptors (Lipinski definition) is 5. The third kappa shape index (κ3) is 3.30. The number of thiophene rings is 1. The van der Waals surface area contributed by atoms with Gasteiger partial charge in [-0.15, -0.1) is 11.3 Å². The van der Waals surface area contributed by atoms with Crippen LogP contribution in [0.1, 0.15) is 22.5 Å². The standard InChI is InChI=1S/C18H19N3OS2/c22-17(16-6-3-11-23-16)19-12-13-7-9-21(10-8-13)18-20-14-4-1-2-5-15(14)24-18/h1-6,11,13H,7-10,12H2,(H,19,22). The molecular weight excluding hydrogens is 338 g/mol. The smallest absolute Gasteiger partial charge is 0.261 e. The van der Waals surface area contributed by atoms with Crippen molar-refractivity contribution in [3.05, 3.63) is 46.7 Å². The molecule has 0 saturated carbocycles. The van der Waals surface area contributed by atoms with Crippen LogP contribution in [0.2, 0.25) is 0 Å². The van der Waals surface area contributed by atoms with E-state index in [0.29, 0.717) is 5.92 Å². The molecule has 124 valence electrons. The van der Waals surface area contributed by atoms with E-state index in [1.54, 1.807) is 11.3 Å². The monoisotopic (exact) mass is 357 g/mol. The normalized spacial score (nSPS) is 15.8. The molecule has 3 aromatic rings. The number of nitrogens with zero attached hydrogens (tertiary/aromatic N) is 2. The number of carbonyl (C=O) groups excluding carboxylic acids is 1. The Labute approximate surface area is 149 Å². The molecule has 1 aliphatic heterocycles. The highest BCUT2D eigenvalue weighted by Crippen LogP contribution is 2.31. The fourth-order valence-electron chi connectivity index (χ4n) is 3.06. The van der Waals surface area contributed by atoms with Gasteiger partial charge in [-0.05, 0) is 42.3 Å². The molecule has 1 aromatic carbocycles. The first-order valence-corrected chi connectivity index (χ1v) is 9.91. The summed E-state index contributed by atoms with van der Waals surface area (Å²) in [5.74, 6) is 0.609. The molecule has 2 aromatic heterocycles. The van der Waals surface area contributed by atoms with E-state index in [2.05, 4.69) is 28.4 Å². The van der Waals surface area contributed by atoms with Gasteiger partial charge in [-0.25, -0.2) is 4.98 Å². The fraction of sp³-hybridized carbons (Fsp3) is 0.333. The highest BCUT2D eigenvalue weighted by Gasteiger charge is 2.22. The van der Waals surface area contributed by atoms with Crippen LogP contribution < -0.4 is 10.2 Å². The van der Waals surface area contributed by atoms with Crippen LogP contribution in [0, 0.1) is 5.92 Å². The van der Waals surface area contributed by atoms with E-state index >= 15 is 0 Å². The number of benzene rings is 1. The third-order valence-electron chi connectivity index (χ3n) is 4.46. The summed E-state index contributed by atoms with van der Waals surface area (Å²) in [5, 5.41) is 6.13. The summed E-state index contributed by atoms with van der Waals surface area (Å²) in [6, 6.07) is 12.1. The van der Waals surface area contributed by atoms with Crippen molar-refractivity contribution < 1.29 is 4.79 Å². The summed E-state index contributed by atoms with van der Waals surface area (Å²) in [6.07, 6.45) is 2.20. The Hall–Kier alpha value is -1.92. The van der Waals surface area contributed by atoms with E-state index in [1.807, 2.05) is 23.6 Å². The van der Waals surface area contributed by atoms with E-state index in [1.165, 1.54) is 16.0 Å². The maximum Gasteiger partial charge on any atom is 0.261 e. The predicted octanol–water partition coefficient (Wildman–Crippen LogP) is 4.00. The van der Waals surface area contributed by atoms with Gasteiger partial charge in [0.25, 0.3) is 5.91 Å². The van der Waals surface area contributed by atoms with E-state index in [9.17, 15) is 4.79 Å². The van der Waals surface area contributed by atoms with Gasteiger partial charge in [-0.3, -0.25) is 4.79 Å². The zero-order valence-electron chi connectivity index (χ0n) is 13.3. The lowest BCUT2D eigenvalue weighted by Crippen LogP contribution is -2.38. The number of carbonyl (C=O) groups is 1. The first-order valence-electron chi connectivity index (χ1n) is 8.22. The van der Waals surface area contributed by atoms with Crippen LogP contribution in [0.5, 0.6) is 0 Å². The van der Waals surface area contributed by atoms with Crippen LogP contribution in [0.4, 0.5) is 5.13 Å². The molecule has 3 heterocycles. The Balaban J connectivity index is 1.31. The Bertz CT molecular complexity index is 787. The summed E-state index contributed by atoms with van der Waals surface area (Å²) < 4.78 is 1.25. The molecule has 1 aliphatic rings. The quantitative estimate of drug-likeness (QED) is 0.767. The summed E-state index contributed by atoms with van der Waals surface area (Å²) in [4.78, 5) is 19.9. The van der Waals surface area contributed by atoms with Crippen LogP contribution in [-0.2, 0) is 0 Å². The Morgan fingerprint density at radius 2 is 2.04 bits per heavy atom. The van der Waals surface area contributed by atoms with Gasteiger partial charge in [0.2, 0.25) is 0 Å². The van der Waals surface area contributed by atoms with Gasteiger partial charge in [-0.2, -0.15) is 0 Å². The first kappa shape index (κ1) is 15.6. The molecule has 0 unspecified atom stereocenters. The van der Waals surface area contributed by atoms with Crippen molar-refractivity contribution in [1.82, 2.24) is 10.3 Å². The molecule has 0 radical (unpaired) electrons. The van der Waals surface area contributed by atoms with Gasteiger partial charge in [0.1, 0.15) is 0 Å². The molecule has 0 aliphatic carbocycles. The lowest BCUT2D eigenvalue weighted by Gasteiger charge is -2.31. The highest BCUT2D eigenvalue weighted by molar-refractivity contribution is 7.22. The van der Waals surface area contributed by atoms with Crippen molar-refractivity contribution in [1.29, 1.82) is 0 Å². The maximum absolute atomic E-state index is 12.0. The van der Waals surface area contributed by atoms with Crippen LogP contribution in [0.3, 0.4) is 0 Å². The summed E-state index contributed by atoms with van der Waals surface area (Å²) >= 11 is 3.26. The minimum atomic E-state index is 0.0543. The van der Waals surface area contributed by atoms with E-state index in [0.717, 1.165) is 48.0 Å². The Kier molecular flexibility index (Phi) is 4.49. The van der Waals surface area contributed by atoms with Crippen LogP contribution in [0.25, 0.3) is 10.2 Å². The van der Waals surface area contributed by atoms with Crippen molar-refractivity contribution in [3.63, 3.8) is 0 Å². The molecule has 1 N–H and O–H groups in total. The summed E-state index contributed by atoms with van der Waals surface area (Å²) in [6.45, 7) is 2.79. The minimum Gasteiger partial charge on any atom is -0.351 e. The lowest BCUT2D eigenvalue weighted by molar-refractivity contribution is 0.0949. The second-order valence-corrected chi connectivity index (χ2v) is 8.04. The highest BCUT2D eigenvalue weighted by atomic mass is 32.1. The van der Waals surface area contributed by atoms with E-state index in [4.69, 9.17) is 4.98 Å². The van der Waals surface area contributed by atoms with E-state index in [-0.39, 0.29) is 5.91 Å². The first-order chi connectivity index (χ1) is 11.8. The van der Waals surface area contributed by atoms with Crippen LogP contribution in [-0.4, -0.2) is 30.5 Å². The average molecular weight is 358 g/mol. The lowest BCUT2D eigenvalue weighted by atomic mass is 9.97. The summed E-state index contributed by atoms with van der Waals surface area (Å²) in [7, 11) is 0. The molecule has 1 fully saturated rings. The largest absolute Gasteiger partial charge is 0.351 e. The second kappa shape index (κ2) is 6.91. The van der Waals surface area contributed by atoms with E-state index < -0.39 is 0 Å². The molecule has 6 heteroatoms. The molecule has 1 saturated heterocycles. The van der Waals surface area contributed by atoms with Gasteiger partial charge >= 0.3 is 0 Å². The molecule has 0 bridgehead atoms. The number of thiazole rings is 1. The third-order valence-corrected chi connectivity index (χ3v) is 6.43. The molecule has 4 rings (SSSR count). The predicted molar refractivity (Wildman–Crippen MR) is 101 cm³/mol. The van der Waals surface area contributed by atoms with Crippen molar-refractivity contribution in [2.45, 2.75) is 12.8 Å². The average Bonchev–Trinajstić information content (AvgIpc) is 3.29. The van der Waals surface area contributed by atoms with Crippen molar-refractivity contribution >= 4 is 43.9 Å². The molecule has 24 heavy (non-hydrogen) atoms. The SMILES string of the molecule is O=C(NCC1CCN(c2nc3ccccc3s2)CC1)c1cccs1. The number of amides is 1. The molecule has 1 amide bonds. The van der Waals surface area contributed by atoms with Crippen molar-refractivity contribution in [3.8, 4) is 0 Å². The Morgan fingerprint density at radius 1 is 1.21 bits per heavy atom. The molecule has 4 nitrogen and oxygen atoms in total. The number of hydrogen-bond donors (Lipinski definition) is 1. The molecule has 0 atom stereocenters. The zero-order valence-corrected chi connectivity index (χ0v) is 14.9. The second-order valence-electron chi connectivity index (χ2n) is 6.08. The van der Waals surface area contributed by atoms with Gasteiger partial charge in [0.15, 0.2) is 5.13 Å². The van der Waals surface area contributed by atoms with Crippen molar-refractivity contribution in [2.24, 2.45) is 5.92 Å². The Morgan fingerprint density at radius 3 is 2.79 bits per heavy atom. The zero-order chi connectivity index (χ0) is 16.4. The number of nitrogens with one attached hydrogen (secondary N) is 1. The molecule has 0 spiro atoms. The number of aromatic nitrogens is 1. The number of para-hydroxylation sites is 1. The van der Waals surface area contributed by atoms with Gasteiger partial charge < -0.3 is 10.2 Å². The number of piperidine rings is 1. The number of rotatable bonds is 4.